The van der Waals surface area contributed by atoms with Crippen molar-refractivity contribution in [2.24, 2.45) is 0 Å². The lowest BCUT2D eigenvalue weighted by Gasteiger charge is -2.16. The van der Waals surface area contributed by atoms with Gasteiger partial charge in [-0.15, -0.1) is 0 Å². The summed E-state index contributed by atoms with van der Waals surface area (Å²) in [7, 11) is 0. The molecule has 35 heavy (non-hydrogen) atoms. The van der Waals surface area contributed by atoms with Crippen LogP contribution >= 0.6 is 0 Å². The van der Waals surface area contributed by atoms with Crippen molar-refractivity contribution in [1.82, 2.24) is 15.0 Å². The molecule has 0 saturated heterocycles. The molecule has 0 aliphatic carbocycles. The van der Waals surface area contributed by atoms with Crippen LogP contribution < -0.4 is 21.3 Å². The highest BCUT2D eigenvalue weighted by Crippen LogP contribution is 2.22. The molecule has 1 heterocycles. The van der Waals surface area contributed by atoms with Crippen LogP contribution in [0.3, 0.4) is 0 Å². The third-order valence-electron chi connectivity index (χ3n) is 4.90. The molecule has 10 heteroatoms. The summed E-state index contributed by atoms with van der Waals surface area (Å²) in [6, 6.07) is 18.7. The molecule has 3 aromatic carbocycles. The molecule has 0 bridgehead atoms. The quantitative estimate of drug-likeness (QED) is 0.271. The van der Waals surface area contributed by atoms with E-state index >= 15 is 0 Å². The number of hydrogen-bond donors (Lipinski definition) is 4. The highest BCUT2D eigenvalue weighted by atomic mass is 19.1. The number of halogens is 2. The number of carbonyl (C=O) groups is 1. The van der Waals surface area contributed by atoms with E-state index in [1.165, 1.54) is 24.3 Å². The first kappa shape index (κ1) is 23.6. The van der Waals surface area contributed by atoms with Crippen LogP contribution in [0.25, 0.3) is 0 Å². The van der Waals surface area contributed by atoms with Gasteiger partial charge >= 0.3 is 0 Å². The van der Waals surface area contributed by atoms with E-state index in [2.05, 4.69) is 36.2 Å². The molecule has 178 valence electrons. The lowest BCUT2D eigenvalue weighted by atomic mass is 10.2. The normalized spacial score (nSPS) is 11.4. The topological polar surface area (TPSA) is 104 Å². The van der Waals surface area contributed by atoms with Gasteiger partial charge < -0.3 is 21.3 Å². The minimum Gasteiger partial charge on any atom is -0.342 e. The van der Waals surface area contributed by atoms with E-state index in [9.17, 15) is 13.6 Å². The molecule has 0 radical (unpaired) electrons. The Hall–Kier alpha value is -4.60. The maximum Gasteiger partial charge on any atom is 0.246 e. The largest absolute Gasteiger partial charge is 0.342 e. The number of anilines is 6. The molecule has 0 unspecified atom stereocenters. The Morgan fingerprint density at radius 1 is 0.771 bits per heavy atom. The summed E-state index contributed by atoms with van der Waals surface area (Å²) in [5.74, 6) is -1.29. The van der Waals surface area contributed by atoms with Crippen molar-refractivity contribution in [3.8, 4) is 0 Å². The third-order valence-corrected chi connectivity index (χ3v) is 4.90. The lowest BCUT2D eigenvalue weighted by molar-refractivity contribution is -0.116. The van der Waals surface area contributed by atoms with E-state index in [1.807, 2.05) is 25.1 Å². The average molecular weight is 476 g/mol. The zero-order valence-corrected chi connectivity index (χ0v) is 19.0. The highest BCUT2D eigenvalue weighted by molar-refractivity contribution is 5.96. The monoisotopic (exact) mass is 475 g/mol. The van der Waals surface area contributed by atoms with Crippen molar-refractivity contribution < 1.29 is 13.6 Å². The SMILES string of the molecule is Cc1cccc(NC(=O)[C@H](C)Nc2nc(Nc3ccccc3F)nc(Nc3ccccc3F)n2)c1. The zero-order chi connectivity index (χ0) is 24.8. The Labute approximate surface area is 200 Å². The van der Waals surface area contributed by atoms with Crippen LogP contribution in [-0.4, -0.2) is 26.9 Å². The van der Waals surface area contributed by atoms with Crippen LogP contribution in [0.1, 0.15) is 12.5 Å². The predicted octanol–water partition coefficient (Wildman–Crippen LogP) is 5.38. The summed E-state index contributed by atoms with van der Waals surface area (Å²) in [5, 5.41) is 11.3. The van der Waals surface area contributed by atoms with Crippen LogP contribution in [0, 0.1) is 18.6 Å². The smallest absolute Gasteiger partial charge is 0.246 e. The number of rotatable bonds is 8. The average Bonchev–Trinajstić information content (AvgIpc) is 2.82. The molecule has 0 aliphatic rings. The number of para-hydroxylation sites is 2. The van der Waals surface area contributed by atoms with Gasteiger partial charge in [-0.3, -0.25) is 4.79 Å². The van der Waals surface area contributed by atoms with Gasteiger partial charge in [-0.25, -0.2) is 8.78 Å². The molecule has 0 spiro atoms. The molecule has 1 amide bonds. The van der Waals surface area contributed by atoms with Gasteiger partial charge in [0.05, 0.1) is 11.4 Å². The van der Waals surface area contributed by atoms with E-state index < -0.39 is 17.7 Å². The van der Waals surface area contributed by atoms with Gasteiger partial charge in [-0.1, -0.05) is 36.4 Å². The molecule has 8 nitrogen and oxygen atoms in total. The molecular formula is C25H23F2N7O. The first-order valence-electron chi connectivity index (χ1n) is 10.8. The fraction of sp³-hybridized carbons (Fsp3) is 0.120. The number of amides is 1. The van der Waals surface area contributed by atoms with E-state index in [0.29, 0.717) is 5.69 Å². The minimum absolute atomic E-state index is 0.00210. The minimum atomic E-state index is -0.736. The second-order valence-electron chi connectivity index (χ2n) is 7.74. The molecular weight excluding hydrogens is 452 g/mol. The van der Waals surface area contributed by atoms with Gasteiger partial charge in [0.25, 0.3) is 0 Å². The van der Waals surface area contributed by atoms with Crippen LogP contribution in [0.15, 0.2) is 72.8 Å². The van der Waals surface area contributed by atoms with Gasteiger partial charge in [0, 0.05) is 5.69 Å². The zero-order valence-electron chi connectivity index (χ0n) is 19.0. The number of aromatic nitrogens is 3. The number of carbonyl (C=O) groups excluding carboxylic acids is 1. The van der Waals surface area contributed by atoms with E-state index in [4.69, 9.17) is 0 Å². The Balaban J connectivity index is 1.58. The highest BCUT2D eigenvalue weighted by Gasteiger charge is 2.17. The molecule has 4 N–H and O–H groups in total. The van der Waals surface area contributed by atoms with Crippen LogP contribution in [0.4, 0.5) is 43.7 Å². The summed E-state index contributed by atoms with van der Waals surface area (Å²) < 4.78 is 28.3. The van der Waals surface area contributed by atoms with Gasteiger partial charge in [-0.05, 0) is 55.8 Å². The standard InChI is InChI=1S/C25H23F2N7O/c1-15-8-7-9-17(14-15)29-22(35)16(2)28-23-32-24(30-20-12-5-3-10-18(20)26)34-25(33-23)31-21-13-6-4-11-19(21)27/h3-14,16H,1-2H3,(H,29,35)(H3,28,30,31,32,33,34)/t16-/m0/s1. The van der Waals surface area contributed by atoms with Crippen molar-refractivity contribution in [2.75, 3.05) is 21.3 Å². The lowest BCUT2D eigenvalue weighted by Crippen LogP contribution is -2.32. The summed E-state index contributed by atoms with van der Waals surface area (Å²) in [6.07, 6.45) is 0. The summed E-state index contributed by atoms with van der Waals surface area (Å²) >= 11 is 0. The fourth-order valence-corrected chi connectivity index (χ4v) is 3.15. The Bertz CT molecular complexity index is 1280. The molecule has 0 saturated carbocycles. The molecule has 1 aromatic heterocycles. The second-order valence-corrected chi connectivity index (χ2v) is 7.74. The van der Waals surface area contributed by atoms with Gasteiger partial charge in [0.15, 0.2) is 0 Å². The molecule has 1 atom stereocenters. The molecule has 4 rings (SSSR count). The van der Waals surface area contributed by atoms with Crippen LogP contribution in [0.2, 0.25) is 0 Å². The Morgan fingerprint density at radius 2 is 1.31 bits per heavy atom. The summed E-state index contributed by atoms with van der Waals surface area (Å²) in [5.41, 5.74) is 1.95. The number of aryl methyl sites for hydroxylation is 1. The number of hydrogen-bond acceptors (Lipinski definition) is 7. The first-order chi connectivity index (χ1) is 16.9. The first-order valence-corrected chi connectivity index (χ1v) is 10.8. The van der Waals surface area contributed by atoms with Gasteiger partial charge in [0.1, 0.15) is 17.7 Å². The maximum absolute atomic E-state index is 14.2. The fourth-order valence-electron chi connectivity index (χ4n) is 3.15. The van der Waals surface area contributed by atoms with Crippen LogP contribution in [0.5, 0.6) is 0 Å². The van der Waals surface area contributed by atoms with Crippen molar-refractivity contribution in [2.45, 2.75) is 19.9 Å². The third kappa shape index (κ3) is 6.26. The maximum atomic E-state index is 14.2. The van der Waals surface area contributed by atoms with E-state index in [0.717, 1.165) is 5.56 Å². The van der Waals surface area contributed by atoms with Gasteiger partial charge in [0.2, 0.25) is 23.8 Å². The van der Waals surface area contributed by atoms with E-state index in [-0.39, 0.29) is 35.1 Å². The van der Waals surface area contributed by atoms with Crippen molar-refractivity contribution in [3.63, 3.8) is 0 Å². The second kappa shape index (κ2) is 10.6. The van der Waals surface area contributed by atoms with Gasteiger partial charge in [-0.2, -0.15) is 15.0 Å². The number of nitrogens with zero attached hydrogens (tertiary/aromatic N) is 3. The molecule has 4 aromatic rings. The Kier molecular flexibility index (Phi) is 7.10. The Morgan fingerprint density at radius 3 is 1.86 bits per heavy atom. The van der Waals surface area contributed by atoms with Crippen LogP contribution in [-0.2, 0) is 4.79 Å². The summed E-state index contributed by atoms with van der Waals surface area (Å²) in [6.45, 7) is 3.57. The number of benzene rings is 3. The predicted molar refractivity (Wildman–Crippen MR) is 132 cm³/mol. The number of nitrogens with one attached hydrogen (secondary N) is 4. The van der Waals surface area contributed by atoms with Crippen molar-refractivity contribution in [3.05, 3.63) is 90.0 Å². The molecule has 0 fully saturated rings. The van der Waals surface area contributed by atoms with Crippen molar-refractivity contribution in [1.29, 1.82) is 0 Å². The van der Waals surface area contributed by atoms with Crippen molar-refractivity contribution >= 4 is 40.8 Å². The summed E-state index contributed by atoms with van der Waals surface area (Å²) in [4.78, 5) is 25.4. The van der Waals surface area contributed by atoms with E-state index in [1.54, 1.807) is 37.3 Å². The molecule has 0 aliphatic heterocycles.